The first-order valence-corrected chi connectivity index (χ1v) is 7.10. The topological polar surface area (TPSA) is 23.6 Å². The molecular weight excluding hydrogens is 248 g/mol. The van der Waals surface area contributed by atoms with Gasteiger partial charge in [-0.15, -0.1) is 6.58 Å². The molecule has 2 amide bonds. The summed E-state index contributed by atoms with van der Waals surface area (Å²) in [4.78, 5) is 16.7. The van der Waals surface area contributed by atoms with Gasteiger partial charge in [0, 0.05) is 11.1 Å². The van der Waals surface area contributed by atoms with Gasteiger partial charge >= 0.3 is 6.03 Å². The fourth-order valence-corrected chi connectivity index (χ4v) is 2.78. The normalized spacial score (nSPS) is 24.6. The van der Waals surface area contributed by atoms with Gasteiger partial charge in [-0.05, 0) is 41.5 Å². The monoisotopic (exact) mass is 276 g/mol. The number of amides is 2. The minimum Gasteiger partial charge on any atom is -0.311 e. The number of rotatable bonds is 3. The van der Waals surface area contributed by atoms with E-state index in [4.69, 9.17) is 0 Å². The lowest BCUT2D eigenvalue weighted by Gasteiger charge is -2.36. The molecule has 2 atom stereocenters. The van der Waals surface area contributed by atoms with Gasteiger partial charge in [-0.1, -0.05) is 30.9 Å². The SMILES string of the molecule is C=C/C=C/[C@H]1[C@H](C=C)N(C(C)(C)C)C(=O)N1C(C)(C)C. The smallest absolute Gasteiger partial charge is 0.311 e. The molecule has 1 aliphatic heterocycles. The molecule has 0 aromatic heterocycles. The Balaban J connectivity index is 3.36. The summed E-state index contributed by atoms with van der Waals surface area (Å²) in [6.07, 6.45) is 7.55. The van der Waals surface area contributed by atoms with Gasteiger partial charge in [0.25, 0.3) is 0 Å². The van der Waals surface area contributed by atoms with E-state index in [1.54, 1.807) is 6.08 Å². The lowest BCUT2D eigenvalue weighted by molar-refractivity contribution is 0.126. The van der Waals surface area contributed by atoms with Gasteiger partial charge < -0.3 is 9.80 Å². The summed E-state index contributed by atoms with van der Waals surface area (Å²) in [5.41, 5.74) is -0.481. The first-order valence-electron chi connectivity index (χ1n) is 7.10. The van der Waals surface area contributed by atoms with E-state index in [9.17, 15) is 4.79 Å². The highest BCUT2D eigenvalue weighted by Gasteiger charge is 2.50. The molecule has 0 N–H and O–H groups in total. The molecule has 112 valence electrons. The van der Waals surface area contributed by atoms with Crippen LogP contribution in [0.4, 0.5) is 4.79 Å². The average molecular weight is 276 g/mol. The van der Waals surface area contributed by atoms with E-state index in [-0.39, 0.29) is 29.2 Å². The molecule has 1 saturated heterocycles. The van der Waals surface area contributed by atoms with Gasteiger partial charge in [0.1, 0.15) is 0 Å². The molecule has 0 radical (unpaired) electrons. The maximum Gasteiger partial charge on any atom is 0.322 e. The highest BCUT2D eigenvalue weighted by atomic mass is 16.2. The van der Waals surface area contributed by atoms with Crippen molar-refractivity contribution >= 4 is 6.03 Å². The second-order valence-corrected chi connectivity index (χ2v) is 7.20. The molecule has 20 heavy (non-hydrogen) atoms. The molecule has 3 nitrogen and oxygen atoms in total. The number of carbonyl (C=O) groups excluding carboxylic acids is 1. The van der Waals surface area contributed by atoms with Gasteiger partial charge in [0.15, 0.2) is 0 Å². The third kappa shape index (κ3) is 2.97. The molecule has 1 fully saturated rings. The van der Waals surface area contributed by atoms with Crippen molar-refractivity contribution in [3.05, 3.63) is 37.5 Å². The Hall–Kier alpha value is -1.51. The minimum atomic E-state index is -0.242. The van der Waals surface area contributed by atoms with Crippen molar-refractivity contribution in [2.75, 3.05) is 0 Å². The van der Waals surface area contributed by atoms with Gasteiger partial charge in [-0.25, -0.2) is 4.79 Å². The summed E-state index contributed by atoms with van der Waals surface area (Å²) in [5.74, 6) is 0. The molecule has 0 aliphatic carbocycles. The molecular formula is C17H28N2O. The average Bonchev–Trinajstić information content (AvgIpc) is 2.57. The fraction of sp³-hybridized carbons (Fsp3) is 0.588. The largest absolute Gasteiger partial charge is 0.322 e. The van der Waals surface area contributed by atoms with Crippen LogP contribution in [0.25, 0.3) is 0 Å². The van der Waals surface area contributed by atoms with Gasteiger partial charge in [0.2, 0.25) is 0 Å². The molecule has 0 bridgehead atoms. The van der Waals surface area contributed by atoms with Crippen molar-refractivity contribution < 1.29 is 4.79 Å². The quantitative estimate of drug-likeness (QED) is 0.565. The van der Waals surface area contributed by atoms with E-state index in [0.29, 0.717) is 0 Å². The zero-order valence-corrected chi connectivity index (χ0v) is 13.7. The van der Waals surface area contributed by atoms with Crippen molar-refractivity contribution in [3.63, 3.8) is 0 Å². The van der Waals surface area contributed by atoms with Crippen LogP contribution in [-0.2, 0) is 0 Å². The number of nitrogens with zero attached hydrogens (tertiary/aromatic N) is 2. The van der Waals surface area contributed by atoms with Crippen molar-refractivity contribution in [3.8, 4) is 0 Å². The van der Waals surface area contributed by atoms with E-state index >= 15 is 0 Å². The number of hydrogen-bond donors (Lipinski definition) is 0. The Morgan fingerprint density at radius 2 is 1.40 bits per heavy atom. The van der Waals surface area contributed by atoms with E-state index in [1.165, 1.54) is 0 Å². The van der Waals surface area contributed by atoms with Crippen molar-refractivity contribution in [1.29, 1.82) is 0 Å². The molecule has 0 saturated carbocycles. The van der Waals surface area contributed by atoms with Crippen LogP contribution in [0.5, 0.6) is 0 Å². The number of carbonyl (C=O) groups is 1. The highest BCUT2D eigenvalue weighted by molar-refractivity contribution is 5.80. The zero-order chi connectivity index (χ0) is 15.7. The lowest BCUT2D eigenvalue weighted by atomic mass is 9.98. The molecule has 0 unspecified atom stereocenters. The van der Waals surface area contributed by atoms with Gasteiger partial charge in [0.05, 0.1) is 12.1 Å². The molecule has 0 aromatic carbocycles. The van der Waals surface area contributed by atoms with Crippen molar-refractivity contribution in [2.45, 2.75) is 64.7 Å². The molecule has 1 heterocycles. The first-order chi connectivity index (χ1) is 9.05. The Bertz CT molecular complexity index is 423. The first kappa shape index (κ1) is 16.5. The Labute approximate surface area is 123 Å². The van der Waals surface area contributed by atoms with Gasteiger partial charge in [-0.3, -0.25) is 0 Å². The minimum absolute atomic E-state index is 0.0165. The summed E-state index contributed by atoms with van der Waals surface area (Å²) >= 11 is 0. The van der Waals surface area contributed by atoms with Crippen LogP contribution in [0, 0.1) is 0 Å². The standard InChI is InChI=1S/C17H28N2O/c1-9-11-12-14-13(10-2)18(16(3,4)5)15(20)19(14)17(6,7)8/h9-14H,1-2H2,3-8H3/b12-11+/t13-,14-/m0/s1. The van der Waals surface area contributed by atoms with Crippen LogP contribution >= 0.6 is 0 Å². The fourth-order valence-electron chi connectivity index (χ4n) is 2.78. The third-order valence-corrected chi connectivity index (χ3v) is 3.49. The zero-order valence-electron chi connectivity index (χ0n) is 13.7. The maximum absolute atomic E-state index is 12.9. The predicted molar refractivity (Wildman–Crippen MR) is 85.7 cm³/mol. The van der Waals surface area contributed by atoms with Gasteiger partial charge in [-0.2, -0.15) is 0 Å². The van der Waals surface area contributed by atoms with Crippen LogP contribution in [0.1, 0.15) is 41.5 Å². The Morgan fingerprint density at radius 1 is 0.950 bits per heavy atom. The van der Waals surface area contributed by atoms with Crippen LogP contribution in [0.15, 0.2) is 37.5 Å². The Morgan fingerprint density at radius 3 is 1.75 bits per heavy atom. The predicted octanol–water partition coefficient (Wildman–Crippen LogP) is 3.99. The molecule has 0 aromatic rings. The second-order valence-electron chi connectivity index (χ2n) is 7.20. The maximum atomic E-state index is 12.9. The molecule has 3 heteroatoms. The van der Waals surface area contributed by atoms with Crippen molar-refractivity contribution in [2.24, 2.45) is 0 Å². The van der Waals surface area contributed by atoms with Crippen molar-refractivity contribution in [1.82, 2.24) is 9.80 Å². The van der Waals surface area contributed by atoms with Crippen LogP contribution in [0.3, 0.4) is 0 Å². The summed E-state index contributed by atoms with van der Waals surface area (Å²) in [7, 11) is 0. The van der Waals surface area contributed by atoms with E-state index < -0.39 is 0 Å². The summed E-state index contributed by atoms with van der Waals surface area (Å²) < 4.78 is 0. The van der Waals surface area contributed by atoms with Crippen LogP contribution in [-0.4, -0.2) is 39.0 Å². The molecule has 1 aliphatic rings. The number of allylic oxidation sites excluding steroid dienone is 2. The second kappa shape index (κ2) is 5.47. The lowest BCUT2D eigenvalue weighted by Crippen LogP contribution is -2.50. The number of urea groups is 1. The van der Waals surface area contributed by atoms with Crippen LogP contribution in [0.2, 0.25) is 0 Å². The Kier molecular flexibility index (Phi) is 4.52. The third-order valence-electron chi connectivity index (χ3n) is 3.49. The van der Waals surface area contributed by atoms with E-state index in [2.05, 4.69) is 54.7 Å². The molecule has 0 spiro atoms. The summed E-state index contributed by atoms with van der Waals surface area (Å²) in [5, 5.41) is 0. The summed E-state index contributed by atoms with van der Waals surface area (Å²) in [6, 6.07) is 0.0174. The highest BCUT2D eigenvalue weighted by Crippen LogP contribution is 2.36. The van der Waals surface area contributed by atoms with E-state index in [0.717, 1.165) is 0 Å². The van der Waals surface area contributed by atoms with E-state index in [1.807, 2.05) is 28.0 Å². The number of hydrogen-bond acceptors (Lipinski definition) is 1. The summed E-state index contributed by atoms with van der Waals surface area (Å²) in [6.45, 7) is 20.0. The van der Waals surface area contributed by atoms with Crippen LogP contribution < -0.4 is 0 Å². The molecule has 1 rings (SSSR count).